The Balaban J connectivity index is 2.22. The van der Waals surface area contributed by atoms with E-state index in [1.54, 1.807) is 19.1 Å². The number of amides is 1. The molecule has 1 amide bonds. The van der Waals surface area contributed by atoms with E-state index in [-0.39, 0.29) is 5.69 Å². The van der Waals surface area contributed by atoms with Crippen molar-refractivity contribution in [3.8, 4) is 0 Å². The molecule has 1 aromatic heterocycles. The minimum Gasteiger partial charge on any atom is -0.341 e. The van der Waals surface area contributed by atoms with Crippen LogP contribution in [0.5, 0.6) is 0 Å². The molecule has 0 spiro atoms. The van der Waals surface area contributed by atoms with Crippen molar-refractivity contribution in [2.45, 2.75) is 6.92 Å². The Hall–Kier alpha value is -2.70. The highest BCUT2D eigenvalue weighted by molar-refractivity contribution is 6.02. The third-order valence-corrected chi connectivity index (χ3v) is 2.41. The molecule has 2 aromatic rings. The summed E-state index contributed by atoms with van der Waals surface area (Å²) in [6.07, 6.45) is 2.75. The third-order valence-electron chi connectivity index (χ3n) is 2.41. The number of aromatic nitrogens is 2. The van der Waals surface area contributed by atoms with Crippen molar-refractivity contribution in [2.24, 2.45) is 0 Å². The number of carbonyl (C=O) groups excluding carboxylic acids is 1. The minimum atomic E-state index is -0.485. The maximum absolute atomic E-state index is 11.7. The third kappa shape index (κ3) is 2.34. The number of aromatic amines is 1. The highest BCUT2D eigenvalue weighted by Crippen LogP contribution is 2.22. The summed E-state index contributed by atoms with van der Waals surface area (Å²) < 4.78 is 0. The molecule has 2 N–H and O–H groups in total. The first-order valence-electron chi connectivity index (χ1n) is 5.12. The molecule has 7 heteroatoms. The van der Waals surface area contributed by atoms with Crippen LogP contribution in [0.4, 0.5) is 11.4 Å². The predicted molar refractivity (Wildman–Crippen MR) is 64.4 cm³/mol. The normalized spacial score (nSPS) is 10.1. The Morgan fingerprint density at radius 2 is 2.28 bits per heavy atom. The van der Waals surface area contributed by atoms with Crippen molar-refractivity contribution in [2.75, 3.05) is 5.32 Å². The van der Waals surface area contributed by atoms with Gasteiger partial charge in [-0.1, -0.05) is 6.07 Å². The number of rotatable bonds is 3. The first-order chi connectivity index (χ1) is 8.58. The van der Waals surface area contributed by atoms with Crippen LogP contribution in [-0.2, 0) is 0 Å². The van der Waals surface area contributed by atoms with E-state index in [1.165, 1.54) is 18.6 Å². The fraction of sp³-hybridized carbons (Fsp3) is 0.0909. The highest BCUT2D eigenvalue weighted by atomic mass is 16.6. The van der Waals surface area contributed by atoms with Crippen LogP contribution in [0.1, 0.15) is 16.1 Å². The Kier molecular flexibility index (Phi) is 3.05. The van der Waals surface area contributed by atoms with Gasteiger partial charge < -0.3 is 10.3 Å². The number of benzene rings is 1. The van der Waals surface area contributed by atoms with Crippen molar-refractivity contribution >= 4 is 17.3 Å². The zero-order valence-corrected chi connectivity index (χ0v) is 9.51. The van der Waals surface area contributed by atoms with Crippen LogP contribution < -0.4 is 5.32 Å². The van der Waals surface area contributed by atoms with Crippen molar-refractivity contribution in [3.05, 3.63) is 52.1 Å². The maximum atomic E-state index is 11.7. The second-order valence-electron chi connectivity index (χ2n) is 3.68. The molecule has 2 rings (SSSR count). The van der Waals surface area contributed by atoms with E-state index in [1.807, 2.05) is 0 Å². The Morgan fingerprint density at radius 1 is 1.50 bits per heavy atom. The first kappa shape index (κ1) is 11.8. The van der Waals surface area contributed by atoms with Crippen molar-refractivity contribution < 1.29 is 9.72 Å². The van der Waals surface area contributed by atoms with Gasteiger partial charge in [0.25, 0.3) is 11.6 Å². The zero-order valence-electron chi connectivity index (χ0n) is 9.51. The summed E-state index contributed by atoms with van der Waals surface area (Å²) in [6.45, 7) is 1.64. The van der Waals surface area contributed by atoms with Crippen LogP contribution in [-0.4, -0.2) is 20.8 Å². The molecule has 1 heterocycles. The van der Waals surface area contributed by atoms with Gasteiger partial charge in [-0.15, -0.1) is 0 Å². The molecule has 0 bridgehead atoms. The number of aryl methyl sites for hydroxylation is 1. The minimum absolute atomic E-state index is 0.0302. The van der Waals surface area contributed by atoms with E-state index in [0.29, 0.717) is 16.9 Å². The smallest absolute Gasteiger partial charge is 0.274 e. The number of imidazole rings is 1. The summed E-state index contributed by atoms with van der Waals surface area (Å²) in [5.41, 5.74) is 1.17. The lowest BCUT2D eigenvalue weighted by Gasteiger charge is -2.04. The average Bonchev–Trinajstić information content (AvgIpc) is 2.85. The lowest BCUT2D eigenvalue weighted by molar-refractivity contribution is -0.385. The summed E-state index contributed by atoms with van der Waals surface area (Å²) in [7, 11) is 0. The van der Waals surface area contributed by atoms with Crippen LogP contribution in [0.3, 0.4) is 0 Å². The number of nitro groups is 1. The van der Waals surface area contributed by atoms with Crippen molar-refractivity contribution in [1.82, 2.24) is 9.97 Å². The molecule has 0 aliphatic rings. The molecule has 0 aliphatic heterocycles. The molecular weight excluding hydrogens is 236 g/mol. The van der Waals surface area contributed by atoms with E-state index in [4.69, 9.17) is 0 Å². The lowest BCUT2D eigenvalue weighted by Crippen LogP contribution is -2.12. The van der Waals surface area contributed by atoms with Gasteiger partial charge >= 0.3 is 0 Å². The quantitative estimate of drug-likeness (QED) is 0.637. The van der Waals surface area contributed by atoms with Crippen LogP contribution in [0.2, 0.25) is 0 Å². The van der Waals surface area contributed by atoms with E-state index in [0.717, 1.165) is 0 Å². The van der Waals surface area contributed by atoms with E-state index < -0.39 is 10.8 Å². The molecule has 7 nitrogen and oxygen atoms in total. The maximum Gasteiger partial charge on any atom is 0.274 e. The lowest BCUT2D eigenvalue weighted by atomic mass is 10.2. The molecule has 18 heavy (non-hydrogen) atoms. The topological polar surface area (TPSA) is 101 Å². The predicted octanol–water partition coefficient (Wildman–Crippen LogP) is 1.88. The molecule has 0 atom stereocenters. The van der Waals surface area contributed by atoms with Gasteiger partial charge in [0, 0.05) is 17.3 Å². The van der Waals surface area contributed by atoms with E-state index in [9.17, 15) is 14.9 Å². The molecule has 0 fully saturated rings. The number of nitro benzene ring substituents is 1. The number of hydrogen-bond donors (Lipinski definition) is 2. The average molecular weight is 246 g/mol. The van der Waals surface area contributed by atoms with Crippen LogP contribution in [0.25, 0.3) is 0 Å². The summed E-state index contributed by atoms with van der Waals surface area (Å²) in [5.74, 6) is -0.398. The zero-order chi connectivity index (χ0) is 13.1. The van der Waals surface area contributed by atoms with E-state index >= 15 is 0 Å². The van der Waals surface area contributed by atoms with Crippen LogP contribution >= 0.6 is 0 Å². The fourth-order valence-corrected chi connectivity index (χ4v) is 1.46. The number of anilines is 1. The van der Waals surface area contributed by atoms with E-state index in [2.05, 4.69) is 15.3 Å². The SMILES string of the molecule is Cc1ccc(NC(=O)c2cnc[nH]2)cc1[N+](=O)[O-]. The molecule has 0 aliphatic carbocycles. The van der Waals surface area contributed by atoms with Gasteiger partial charge in [0.15, 0.2) is 0 Å². The second-order valence-corrected chi connectivity index (χ2v) is 3.68. The molecule has 0 saturated heterocycles. The molecular formula is C11H10N4O3. The number of carbonyl (C=O) groups is 1. The Bertz CT molecular complexity index is 592. The largest absolute Gasteiger partial charge is 0.341 e. The van der Waals surface area contributed by atoms with Crippen molar-refractivity contribution in [1.29, 1.82) is 0 Å². The molecule has 0 unspecified atom stereocenters. The highest BCUT2D eigenvalue weighted by Gasteiger charge is 2.13. The summed E-state index contributed by atoms with van der Waals surface area (Å²) in [4.78, 5) is 28.3. The van der Waals surface area contributed by atoms with Gasteiger partial charge in [0.2, 0.25) is 0 Å². The summed E-state index contributed by atoms with van der Waals surface area (Å²) in [6, 6.07) is 4.51. The first-order valence-corrected chi connectivity index (χ1v) is 5.12. The van der Waals surface area contributed by atoms with Crippen LogP contribution in [0, 0.1) is 17.0 Å². The summed E-state index contributed by atoms with van der Waals surface area (Å²) in [5, 5.41) is 13.3. The van der Waals surface area contributed by atoms with Gasteiger partial charge in [-0.3, -0.25) is 14.9 Å². The molecule has 92 valence electrons. The Labute approximate surface area is 102 Å². The summed E-state index contributed by atoms with van der Waals surface area (Å²) >= 11 is 0. The molecule has 1 aromatic carbocycles. The van der Waals surface area contributed by atoms with Gasteiger partial charge in [-0.2, -0.15) is 0 Å². The van der Waals surface area contributed by atoms with Crippen molar-refractivity contribution in [3.63, 3.8) is 0 Å². The van der Waals surface area contributed by atoms with Gasteiger partial charge in [-0.25, -0.2) is 4.98 Å². The molecule has 0 saturated carbocycles. The number of nitrogens with one attached hydrogen (secondary N) is 2. The number of nitrogens with zero attached hydrogens (tertiary/aromatic N) is 2. The number of H-pyrrole nitrogens is 1. The standard InChI is InChI=1S/C11H10N4O3/c1-7-2-3-8(4-10(7)15(17)18)14-11(16)9-5-12-6-13-9/h2-6H,1H3,(H,12,13)(H,14,16). The Morgan fingerprint density at radius 3 is 2.89 bits per heavy atom. The monoisotopic (exact) mass is 246 g/mol. The van der Waals surface area contributed by atoms with Gasteiger partial charge in [-0.05, 0) is 13.0 Å². The van der Waals surface area contributed by atoms with Gasteiger partial charge in [0.1, 0.15) is 5.69 Å². The second kappa shape index (κ2) is 4.66. The van der Waals surface area contributed by atoms with Crippen LogP contribution in [0.15, 0.2) is 30.7 Å². The fourth-order valence-electron chi connectivity index (χ4n) is 1.46. The van der Waals surface area contributed by atoms with Gasteiger partial charge in [0.05, 0.1) is 17.4 Å². The molecule has 0 radical (unpaired) electrons. The number of hydrogen-bond acceptors (Lipinski definition) is 4.